The average molecular weight is 328 g/mol. The Kier molecular flexibility index (Phi) is 7.37. The van der Waals surface area contributed by atoms with Crippen molar-refractivity contribution in [2.24, 2.45) is 0 Å². The Morgan fingerprint density at radius 1 is 1.27 bits per heavy atom. The van der Waals surface area contributed by atoms with Gasteiger partial charge in [-0.1, -0.05) is 11.8 Å². The van der Waals surface area contributed by atoms with E-state index in [2.05, 4.69) is 0 Å². The van der Waals surface area contributed by atoms with E-state index in [1.54, 1.807) is 0 Å². The van der Waals surface area contributed by atoms with Crippen molar-refractivity contribution >= 4 is 23.2 Å². The smallest absolute Gasteiger partial charge is 0.185 e. The lowest BCUT2D eigenvalue weighted by molar-refractivity contribution is -0.109. The Morgan fingerprint density at radius 2 is 1.91 bits per heavy atom. The molecule has 122 valence electrons. The largest absolute Gasteiger partial charge is 0.496 e. The minimum absolute atomic E-state index is 0.0451. The first kappa shape index (κ1) is 18.5. The van der Waals surface area contributed by atoms with Crippen LogP contribution < -0.4 is 9.47 Å². The summed E-state index contributed by atoms with van der Waals surface area (Å²) in [7, 11) is 2.81. The highest BCUT2D eigenvalue weighted by Gasteiger charge is 2.24. The van der Waals surface area contributed by atoms with Gasteiger partial charge >= 0.3 is 0 Å². The number of methoxy groups -OCH3 is 2. The quantitative estimate of drug-likeness (QED) is 0.700. The number of thioether (sulfide) groups is 1. The van der Waals surface area contributed by atoms with Gasteiger partial charge in [0.1, 0.15) is 17.6 Å². The maximum atomic E-state index is 11.0. The molecule has 6 nitrogen and oxygen atoms in total. The first-order valence-electron chi connectivity index (χ1n) is 6.65. The van der Waals surface area contributed by atoms with E-state index in [1.165, 1.54) is 33.3 Å². The van der Waals surface area contributed by atoms with Gasteiger partial charge in [0.2, 0.25) is 0 Å². The number of rotatable bonds is 8. The number of aliphatic hydroxyl groups excluding tert-OH is 2. The van der Waals surface area contributed by atoms with Crippen molar-refractivity contribution in [2.45, 2.75) is 25.6 Å². The molecular formula is C15H20O6S. The fraction of sp³-hybridized carbons (Fsp3) is 0.467. The van der Waals surface area contributed by atoms with Crippen LogP contribution in [0.25, 0.3) is 0 Å². The summed E-state index contributed by atoms with van der Waals surface area (Å²) in [6, 6.07) is 2.91. The van der Waals surface area contributed by atoms with Crippen molar-refractivity contribution in [3.63, 3.8) is 0 Å². The second-order valence-corrected chi connectivity index (χ2v) is 5.87. The second-order valence-electron chi connectivity index (χ2n) is 4.59. The highest BCUT2D eigenvalue weighted by Crippen LogP contribution is 2.34. The Balaban J connectivity index is 2.97. The minimum Gasteiger partial charge on any atom is -0.496 e. The van der Waals surface area contributed by atoms with Gasteiger partial charge in [-0.15, -0.1) is 0 Å². The maximum Gasteiger partial charge on any atom is 0.185 e. The number of carbonyl (C=O) groups excluding carboxylic acids is 2. The molecule has 0 aromatic heterocycles. The van der Waals surface area contributed by atoms with Crippen LogP contribution in [0.3, 0.4) is 0 Å². The van der Waals surface area contributed by atoms with Gasteiger partial charge in [-0.3, -0.25) is 9.59 Å². The molecule has 0 spiro atoms. The maximum absolute atomic E-state index is 11.0. The van der Waals surface area contributed by atoms with Gasteiger partial charge in [-0.05, 0) is 18.6 Å². The Labute approximate surface area is 133 Å². The lowest BCUT2D eigenvalue weighted by Gasteiger charge is -2.21. The molecule has 0 saturated heterocycles. The summed E-state index contributed by atoms with van der Waals surface area (Å²) in [5.41, 5.74) is 0.613. The van der Waals surface area contributed by atoms with Gasteiger partial charge in [0, 0.05) is 18.2 Å². The third kappa shape index (κ3) is 4.72. The summed E-state index contributed by atoms with van der Waals surface area (Å²) < 4.78 is 10.2. The predicted molar refractivity (Wildman–Crippen MR) is 83.7 cm³/mol. The van der Waals surface area contributed by atoms with E-state index < -0.39 is 12.2 Å². The molecule has 0 aliphatic rings. The molecule has 0 amide bonds. The molecule has 0 fully saturated rings. The second kappa shape index (κ2) is 8.77. The molecule has 2 unspecified atom stereocenters. The van der Waals surface area contributed by atoms with Gasteiger partial charge in [0.05, 0.1) is 25.9 Å². The Bertz CT molecular complexity index is 531. The third-order valence-electron chi connectivity index (χ3n) is 3.11. The normalized spacial score (nSPS) is 13.3. The molecule has 2 N–H and O–H groups in total. The van der Waals surface area contributed by atoms with Gasteiger partial charge in [-0.25, -0.2) is 0 Å². The van der Waals surface area contributed by atoms with Crippen molar-refractivity contribution in [3.8, 4) is 11.5 Å². The topological polar surface area (TPSA) is 93.1 Å². The standard InChI is InChI=1S/C15H20O6S/c1-9(17)22-5-4-12(18)15(19)11-7-13(20-2)10(8-16)6-14(11)21-3/h6-8,12,15,18-19H,4-5H2,1-3H3. The van der Waals surface area contributed by atoms with Crippen molar-refractivity contribution in [3.05, 3.63) is 23.3 Å². The molecule has 0 bridgehead atoms. The lowest BCUT2D eigenvalue weighted by atomic mass is 9.99. The van der Waals surface area contributed by atoms with Crippen LogP contribution in [0.4, 0.5) is 0 Å². The molecule has 1 aromatic rings. The Hall–Kier alpha value is -1.57. The van der Waals surface area contributed by atoms with Crippen molar-refractivity contribution in [1.29, 1.82) is 0 Å². The van der Waals surface area contributed by atoms with E-state index in [1.807, 2.05) is 0 Å². The van der Waals surface area contributed by atoms with Gasteiger partial charge in [0.15, 0.2) is 11.4 Å². The average Bonchev–Trinajstić information content (AvgIpc) is 2.52. The summed E-state index contributed by atoms with van der Waals surface area (Å²) in [6.45, 7) is 1.44. The molecule has 0 saturated carbocycles. The Morgan fingerprint density at radius 3 is 2.41 bits per heavy atom. The zero-order valence-corrected chi connectivity index (χ0v) is 13.6. The lowest BCUT2D eigenvalue weighted by Crippen LogP contribution is -2.20. The van der Waals surface area contributed by atoms with E-state index in [4.69, 9.17) is 9.47 Å². The van der Waals surface area contributed by atoms with Crippen LogP contribution >= 0.6 is 11.8 Å². The number of aldehydes is 1. The number of hydrogen-bond acceptors (Lipinski definition) is 7. The number of aliphatic hydroxyl groups is 2. The fourth-order valence-corrected chi connectivity index (χ4v) is 2.60. The number of ether oxygens (including phenoxy) is 2. The molecule has 0 aliphatic heterocycles. The first-order valence-corrected chi connectivity index (χ1v) is 7.63. The minimum atomic E-state index is -1.21. The molecule has 0 aliphatic carbocycles. The molecular weight excluding hydrogens is 308 g/mol. The number of carbonyl (C=O) groups is 2. The van der Waals surface area contributed by atoms with Crippen molar-refractivity contribution in [1.82, 2.24) is 0 Å². The fourth-order valence-electron chi connectivity index (χ4n) is 1.96. The first-order chi connectivity index (χ1) is 10.4. The molecule has 0 heterocycles. The van der Waals surface area contributed by atoms with E-state index in [0.29, 0.717) is 17.6 Å². The van der Waals surface area contributed by atoms with Crippen LogP contribution in [0, 0.1) is 0 Å². The van der Waals surface area contributed by atoms with Crippen molar-refractivity contribution < 1.29 is 29.3 Å². The molecule has 22 heavy (non-hydrogen) atoms. The zero-order valence-electron chi connectivity index (χ0n) is 12.7. The van der Waals surface area contributed by atoms with E-state index in [9.17, 15) is 19.8 Å². The van der Waals surface area contributed by atoms with E-state index in [0.717, 1.165) is 11.8 Å². The highest BCUT2D eigenvalue weighted by molar-refractivity contribution is 8.13. The summed E-state index contributed by atoms with van der Waals surface area (Å²) in [6.07, 6.45) is -1.41. The van der Waals surface area contributed by atoms with Crippen LogP contribution in [-0.2, 0) is 4.79 Å². The molecule has 1 aromatic carbocycles. The monoisotopic (exact) mass is 328 g/mol. The zero-order chi connectivity index (χ0) is 16.7. The molecule has 1 rings (SSSR count). The predicted octanol–water partition coefficient (Wildman–Crippen LogP) is 1.58. The van der Waals surface area contributed by atoms with Crippen LogP contribution in [0.5, 0.6) is 11.5 Å². The molecule has 0 radical (unpaired) electrons. The SMILES string of the molecule is COc1cc(C(O)C(O)CCSC(C)=O)c(OC)cc1C=O. The van der Waals surface area contributed by atoms with Crippen LogP contribution in [0.1, 0.15) is 35.4 Å². The van der Waals surface area contributed by atoms with Gasteiger partial charge < -0.3 is 19.7 Å². The highest BCUT2D eigenvalue weighted by atomic mass is 32.2. The van der Waals surface area contributed by atoms with Crippen LogP contribution in [0.2, 0.25) is 0 Å². The third-order valence-corrected chi connectivity index (χ3v) is 3.96. The van der Waals surface area contributed by atoms with E-state index >= 15 is 0 Å². The number of hydrogen-bond donors (Lipinski definition) is 2. The van der Waals surface area contributed by atoms with E-state index in [-0.39, 0.29) is 28.6 Å². The molecule has 7 heteroatoms. The van der Waals surface area contributed by atoms with Crippen molar-refractivity contribution in [2.75, 3.05) is 20.0 Å². The van der Waals surface area contributed by atoms with Crippen LogP contribution in [-0.4, -0.2) is 47.7 Å². The summed E-state index contributed by atoms with van der Waals surface area (Å²) in [4.78, 5) is 21.9. The van der Waals surface area contributed by atoms with Gasteiger partial charge in [-0.2, -0.15) is 0 Å². The summed E-state index contributed by atoms with van der Waals surface area (Å²) in [5, 5.41) is 20.3. The summed E-state index contributed by atoms with van der Waals surface area (Å²) in [5.74, 6) is 0.975. The number of benzene rings is 1. The van der Waals surface area contributed by atoms with Gasteiger partial charge in [0.25, 0.3) is 0 Å². The molecule has 2 atom stereocenters. The van der Waals surface area contributed by atoms with Crippen LogP contribution in [0.15, 0.2) is 12.1 Å². The summed E-state index contributed by atoms with van der Waals surface area (Å²) >= 11 is 1.08.